The van der Waals surface area contributed by atoms with Gasteiger partial charge >= 0.3 is 0 Å². The van der Waals surface area contributed by atoms with E-state index in [2.05, 4.69) is 10.3 Å². The van der Waals surface area contributed by atoms with Crippen molar-refractivity contribution in [2.24, 2.45) is 0 Å². The zero-order valence-electron chi connectivity index (χ0n) is 16.6. The standard InChI is InChI=1S/C21H23ClN2O5S/c1-30(26,27)11-10-16-7-9-19(28-16)20(25)23-15-5-2-13(3-6-15)21-24-17-12-14(22)4-8-18(17)29-21/h4,7-9,12-13,15H,2-3,5-6,10-11H2,1H3,(H,23,25). The number of benzene rings is 1. The summed E-state index contributed by atoms with van der Waals surface area (Å²) < 4.78 is 33.9. The van der Waals surface area contributed by atoms with Gasteiger partial charge in [0.2, 0.25) is 0 Å². The van der Waals surface area contributed by atoms with Crippen LogP contribution in [-0.4, -0.2) is 37.4 Å². The Morgan fingerprint density at radius 2 is 1.93 bits per heavy atom. The van der Waals surface area contributed by atoms with Crippen LogP contribution in [0.2, 0.25) is 5.02 Å². The maximum Gasteiger partial charge on any atom is 0.287 e. The van der Waals surface area contributed by atoms with Gasteiger partial charge in [-0.2, -0.15) is 0 Å². The molecule has 9 heteroatoms. The normalized spacial score (nSPS) is 19.8. The molecule has 2 heterocycles. The maximum atomic E-state index is 12.5. The van der Waals surface area contributed by atoms with Gasteiger partial charge in [-0.05, 0) is 56.0 Å². The molecule has 3 aromatic rings. The number of oxazole rings is 1. The van der Waals surface area contributed by atoms with Gasteiger partial charge in [-0.15, -0.1) is 0 Å². The molecule has 2 aromatic heterocycles. The zero-order chi connectivity index (χ0) is 21.3. The van der Waals surface area contributed by atoms with E-state index in [1.54, 1.807) is 24.3 Å². The number of nitrogens with one attached hydrogen (secondary N) is 1. The van der Waals surface area contributed by atoms with Crippen molar-refractivity contribution in [1.82, 2.24) is 10.3 Å². The molecule has 4 rings (SSSR count). The fourth-order valence-electron chi connectivity index (χ4n) is 3.75. The molecule has 1 aliphatic rings. The van der Waals surface area contributed by atoms with Crippen molar-refractivity contribution in [1.29, 1.82) is 0 Å². The van der Waals surface area contributed by atoms with Gasteiger partial charge in [-0.1, -0.05) is 11.6 Å². The number of furan rings is 1. The average Bonchev–Trinajstić information content (AvgIpc) is 3.33. The fourth-order valence-corrected chi connectivity index (χ4v) is 4.49. The van der Waals surface area contributed by atoms with E-state index in [9.17, 15) is 13.2 Å². The summed E-state index contributed by atoms with van der Waals surface area (Å²) in [6, 6.07) is 8.69. The first-order chi connectivity index (χ1) is 14.3. The minimum Gasteiger partial charge on any atom is -0.456 e. The molecule has 0 saturated heterocycles. The van der Waals surface area contributed by atoms with Crippen LogP contribution in [0.3, 0.4) is 0 Å². The first kappa shape index (κ1) is 20.9. The monoisotopic (exact) mass is 450 g/mol. The third kappa shape index (κ3) is 5.05. The molecular formula is C21H23ClN2O5S. The molecule has 1 fully saturated rings. The van der Waals surface area contributed by atoms with Gasteiger partial charge in [0, 0.05) is 29.7 Å². The number of nitrogens with zero attached hydrogens (tertiary/aromatic N) is 1. The number of carbonyl (C=O) groups is 1. The van der Waals surface area contributed by atoms with Gasteiger partial charge in [0.25, 0.3) is 5.91 Å². The fraction of sp³-hybridized carbons (Fsp3) is 0.429. The molecule has 1 saturated carbocycles. The van der Waals surface area contributed by atoms with Crippen molar-refractivity contribution in [3.05, 3.63) is 52.8 Å². The topological polar surface area (TPSA) is 102 Å². The number of hydrogen-bond acceptors (Lipinski definition) is 6. The van der Waals surface area contributed by atoms with Crippen LogP contribution in [0.5, 0.6) is 0 Å². The molecule has 160 valence electrons. The van der Waals surface area contributed by atoms with Gasteiger partial charge in [0.15, 0.2) is 17.2 Å². The van der Waals surface area contributed by atoms with E-state index in [0.717, 1.165) is 42.7 Å². The Balaban J connectivity index is 1.31. The van der Waals surface area contributed by atoms with Crippen LogP contribution in [0.25, 0.3) is 11.1 Å². The van der Waals surface area contributed by atoms with E-state index in [0.29, 0.717) is 10.8 Å². The molecule has 7 nitrogen and oxygen atoms in total. The van der Waals surface area contributed by atoms with Gasteiger partial charge in [-0.3, -0.25) is 4.79 Å². The summed E-state index contributed by atoms with van der Waals surface area (Å²) in [5.74, 6) is 1.35. The lowest BCUT2D eigenvalue weighted by Gasteiger charge is -2.27. The second kappa shape index (κ2) is 8.43. The van der Waals surface area contributed by atoms with E-state index in [1.807, 2.05) is 6.07 Å². The van der Waals surface area contributed by atoms with Crippen LogP contribution >= 0.6 is 11.6 Å². The molecule has 0 spiro atoms. The number of halogens is 1. The van der Waals surface area contributed by atoms with Crippen molar-refractivity contribution >= 4 is 38.4 Å². The highest BCUT2D eigenvalue weighted by atomic mass is 35.5. The quantitative estimate of drug-likeness (QED) is 0.606. The molecule has 0 unspecified atom stereocenters. The minimum absolute atomic E-state index is 0.00633. The molecule has 0 radical (unpaired) electrons. The number of carbonyl (C=O) groups excluding carboxylic acids is 1. The van der Waals surface area contributed by atoms with Gasteiger partial charge in [-0.25, -0.2) is 13.4 Å². The highest BCUT2D eigenvalue weighted by Gasteiger charge is 2.27. The predicted molar refractivity (Wildman–Crippen MR) is 114 cm³/mol. The van der Waals surface area contributed by atoms with Crippen LogP contribution < -0.4 is 5.32 Å². The largest absolute Gasteiger partial charge is 0.456 e. The van der Waals surface area contributed by atoms with Crippen LogP contribution in [0.1, 0.15) is 53.8 Å². The lowest BCUT2D eigenvalue weighted by Crippen LogP contribution is -2.37. The van der Waals surface area contributed by atoms with Crippen molar-refractivity contribution in [3.8, 4) is 0 Å². The second-order valence-electron chi connectivity index (χ2n) is 7.83. The number of aromatic nitrogens is 1. The molecule has 1 aliphatic carbocycles. The van der Waals surface area contributed by atoms with E-state index < -0.39 is 9.84 Å². The van der Waals surface area contributed by atoms with E-state index in [-0.39, 0.29) is 35.8 Å². The average molecular weight is 451 g/mol. The number of fused-ring (bicyclic) bond motifs is 1. The highest BCUT2D eigenvalue weighted by molar-refractivity contribution is 7.90. The number of hydrogen-bond donors (Lipinski definition) is 1. The van der Waals surface area contributed by atoms with Crippen LogP contribution in [0.15, 0.2) is 39.2 Å². The molecule has 0 aliphatic heterocycles. The summed E-state index contributed by atoms with van der Waals surface area (Å²) in [6.45, 7) is 0. The van der Waals surface area contributed by atoms with Crippen LogP contribution in [-0.2, 0) is 16.3 Å². The first-order valence-corrected chi connectivity index (χ1v) is 12.3. The Labute approximate surface area is 179 Å². The van der Waals surface area contributed by atoms with Crippen LogP contribution in [0.4, 0.5) is 0 Å². The Kier molecular flexibility index (Phi) is 5.88. The minimum atomic E-state index is -3.07. The van der Waals surface area contributed by atoms with E-state index in [4.69, 9.17) is 20.4 Å². The second-order valence-corrected chi connectivity index (χ2v) is 10.5. The zero-order valence-corrected chi connectivity index (χ0v) is 18.1. The molecular weight excluding hydrogens is 428 g/mol. The summed E-state index contributed by atoms with van der Waals surface area (Å²) >= 11 is 6.01. The predicted octanol–water partition coefficient (Wildman–Crippen LogP) is 4.12. The maximum absolute atomic E-state index is 12.5. The summed E-state index contributed by atoms with van der Waals surface area (Å²) in [5, 5.41) is 3.64. The SMILES string of the molecule is CS(=O)(=O)CCc1ccc(C(=O)NC2CCC(c3nc4cc(Cl)ccc4o3)CC2)o1. The van der Waals surface area contributed by atoms with Gasteiger partial charge < -0.3 is 14.2 Å². The Bertz CT molecular complexity index is 1160. The van der Waals surface area contributed by atoms with Crippen molar-refractivity contribution in [2.75, 3.05) is 12.0 Å². The Morgan fingerprint density at radius 3 is 2.67 bits per heavy atom. The molecule has 1 amide bonds. The number of rotatable bonds is 6. The summed E-state index contributed by atoms with van der Waals surface area (Å²) in [7, 11) is -3.07. The molecule has 1 N–H and O–H groups in total. The lowest BCUT2D eigenvalue weighted by atomic mass is 9.86. The van der Waals surface area contributed by atoms with Crippen molar-refractivity contribution in [3.63, 3.8) is 0 Å². The Hall–Kier alpha value is -2.32. The highest BCUT2D eigenvalue weighted by Crippen LogP contribution is 2.34. The number of amides is 1. The van der Waals surface area contributed by atoms with Crippen molar-refractivity contribution in [2.45, 2.75) is 44.1 Å². The summed E-state index contributed by atoms with van der Waals surface area (Å²) in [6.07, 6.45) is 4.80. The number of sulfone groups is 1. The van der Waals surface area contributed by atoms with Gasteiger partial charge in [0.05, 0.1) is 5.75 Å². The van der Waals surface area contributed by atoms with Crippen molar-refractivity contribution < 1.29 is 22.0 Å². The van der Waals surface area contributed by atoms with E-state index >= 15 is 0 Å². The Morgan fingerprint density at radius 1 is 1.17 bits per heavy atom. The smallest absolute Gasteiger partial charge is 0.287 e. The third-order valence-corrected chi connectivity index (χ3v) is 6.56. The first-order valence-electron chi connectivity index (χ1n) is 9.90. The van der Waals surface area contributed by atoms with E-state index in [1.165, 1.54) is 6.26 Å². The summed E-state index contributed by atoms with van der Waals surface area (Å²) in [4.78, 5) is 17.0. The summed E-state index contributed by atoms with van der Waals surface area (Å²) in [5.41, 5.74) is 1.49. The number of aryl methyl sites for hydroxylation is 1. The molecule has 30 heavy (non-hydrogen) atoms. The van der Waals surface area contributed by atoms with Gasteiger partial charge in [0.1, 0.15) is 21.1 Å². The molecule has 1 aromatic carbocycles. The molecule has 0 bridgehead atoms. The third-order valence-electron chi connectivity index (χ3n) is 5.38. The van der Waals surface area contributed by atoms with Crippen LogP contribution in [0, 0.1) is 0 Å². The lowest BCUT2D eigenvalue weighted by molar-refractivity contribution is 0.0895. The molecule has 0 atom stereocenters.